The second kappa shape index (κ2) is 6.53. The van der Waals surface area contributed by atoms with Crippen molar-refractivity contribution in [3.05, 3.63) is 35.9 Å². The van der Waals surface area contributed by atoms with Gasteiger partial charge in [-0.1, -0.05) is 51.1 Å². The molecule has 0 bridgehead atoms. The van der Waals surface area contributed by atoms with Crippen LogP contribution in [0, 0.1) is 11.3 Å². The number of nitrogens with zero attached hydrogens (tertiary/aromatic N) is 1. The van der Waals surface area contributed by atoms with Gasteiger partial charge in [-0.15, -0.1) is 0 Å². The standard InChI is InChI=1S/C18H27NO/c1-18(2,3)17(20)14-19-11-9-16(10-12-19)13-15-7-5-4-6-8-15/h4-8,16H,9-14H2,1-3H3. The number of benzene rings is 1. The van der Waals surface area contributed by atoms with E-state index in [1.807, 2.05) is 20.8 Å². The Bertz CT molecular complexity index is 424. The van der Waals surface area contributed by atoms with Crippen LogP contribution in [-0.2, 0) is 11.2 Å². The van der Waals surface area contributed by atoms with E-state index in [1.54, 1.807) is 0 Å². The molecular formula is C18H27NO. The van der Waals surface area contributed by atoms with Gasteiger partial charge in [0.05, 0.1) is 6.54 Å². The highest BCUT2D eigenvalue weighted by Gasteiger charge is 2.26. The normalized spacial score (nSPS) is 18.1. The van der Waals surface area contributed by atoms with E-state index >= 15 is 0 Å². The zero-order valence-electron chi connectivity index (χ0n) is 13.1. The molecule has 110 valence electrons. The quantitative estimate of drug-likeness (QED) is 0.836. The van der Waals surface area contributed by atoms with Gasteiger partial charge in [0, 0.05) is 5.41 Å². The molecule has 1 aromatic rings. The SMILES string of the molecule is CC(C)(C)C(=O)CN1CCC(Cc2ccccc2)CC1. The van der Waals surface area contributed by atoms with Crippen molar-refractivity contribution < 1.29 is 4.79 Å². The maximum Gasteiger partial charge on any atom is 0.152 e. The molecule has 0 spiro atoms. The Morgan fingerprint density at radius 3 is 2.30 bits per heavy atom. The summed E-state index contributed by atoms with van der Waals surface area (Å²) in [7, 11) is 0. The lowest BCUT2D eigenvalue weighted by molar-refractivity contribution is -0.127. The lowest BCUT2D eigenvalue weighted by atomic mass is 9.88. The second-order valence-electron chi connectivity index (χ2n) is 7.08. The van der Waals surface area contributed by atoms with Crippen molar-refractivity contribution in [2.75, 3.05) is 19.6 Å². The van der Waals surface area contributed by atoms with Gasteiger partial charge in [-0.2, -0.15) is 0 Å². The van der Waals surface area contributed by atoms with E-state index in [9.17, 15) is 4.79 Å². The number of ketones is 1. The van der Waals surface area contributed by atoms with Crippen LogP contribution in [0.15, 0.2) is 30.3 Å². The van der Waals surface area contributed by atoms with Gasteiger partial charge in [0.2, 0.25) is 0 Å². The van der Waals surface area contributed by atoms with Gasteiger partial charge in [-0.3, -0.25) is 9.69 Å². The molecule has 2 rings (SSSR count). The Kier molecular flexibility index (Phi) is 4.98. The van der Waals surface area contributed by atoms with E-state index < -0.39 is 0 Å². The molecule has 1 aliphatic heterocycles. The fourth-order valence-corrected chi connectivity index (χ4v) is 2.74. The van der Waals surface area contributed by atoms with Crippen LogP contribution in [0.5, 0.6) is 0 Å². The summed E-state index contributed by atoms with van der Waals surface area (Å²) in [5.74, 6) is 1.14. The van der Waals surface area contributed by atoms with Crippen molar-refractivity contribution in [3.63, 3.8) is 0 Å². The molecule has 0 N–H and O–H groups in total. The average molecular weight is 273 g/mol. The minimum atomic E-state index is -0.207. The van der Waals surface area contributed by atoms with Crippen LogP contribution in [0.4, 0.5) is 0 Å². The van der Waals surface area contributed by atoms with E-state index in [1.165, 1.54) is 24.8 Å². The molecule has 0 radical (unpaired) electrons. The molecule has 1 heterocycles. The van der Waals surface area contributed by atoms with Crippen molar-refractivity contribution in [1.29, 1.82) is 0 Å². The topological polar surface area (TPSA) is 20.3 Å². The first kappa shape index (κ1) is 15.2. The number of Topliss-reactive ketones (excluding diaryl/α,β-unsaturated/α-hetero) is 1. The van der Waals surface area contributed by atoms with Crippen LogP contribution >= 0.6 is 0 Å². The predicted molar refractivity (Wildman–Crippen MR) is 83.8 cm³/mol. The maximum atomic E-state index is 12.1. The zero-order chi connectivity index (χ0) is 14.6. The molecule has 1 fully saturated rings. The summed E-state index contributed by atoms with van der Waals surface area (Å²) in [6, 6.07) is 10.7. The molecule has 0 saturated carbocycles. The van der Waals surface area contributed by atoms with E-state index in [-0.39, 0.29) is 5.41 Å². The fraction of sp³-hybridized carbons (Fsp3) is 0.611. The number of likely N-dealkylation sites (tertiary alicyclic amines) is 1. The number of piperidine rings is 1. The first-order valence-electron chi connectivity index (χ1n) is 7.75. The Balaban J connectivity index is 1.77. The smallest absolute Gasteiger partial charge is 0.152 e. The zero-order valence-corrected chi connectivity index (χ0v) is 13.1. The summed E-state index contributed by atoms with van der Waals surface area (Å²) in [5.41, 5.74) is 1.23. The highest BCUT2D eigenvalue weighted by atomic mass is 16.1. The number of carbonyl (C=O) groups excluding carboxylic acids is 1. The van der Waals surface area contributed by atoms with Gasteiger partial charge in [-0.25, -0.2) is 0 Å². The van der Waals surface area contributed by atoms with Gasteiger partial charge >= 0.3 is 0 Å². The molecule has 2 nitrogen and oxygen atoms in total. The molecule has 0 atom stereocenters. The highest BCUT2D eigenvalue weighted by molar-refractivity contribution is 5.85. The second-order valence-corrected chi connectivity index (χ2v) is 7.08. The predicted octanol–water partition coefficient (Wildman–Crippen LogP) is 3.56. The third-order valence-electron chi connectivity index (χ3n) is 4.28. The van der Waals surface area contributed by atoms with E-state index in [0.29, 0.717) is 12.3 Å². The summed E-state index contributed by atoms with van der Waals surface area (Å²) >= 11 is 0. The Labute approximate surface area is 123 Å². The molecule has 0 amide bonds. The van der Waals surface area contributed by atoms with Crippen molar-refractivity contribution in [2.24, 2.45) is 11.3 Å². The molecule has 1 aromatic carbocycles. The van der Waals surface area contributed by atoms with Crippen LogP contribution < -0.4 is 0 Å². The molecule has 1 saturated heterocycles. The Morgan fingerprint density at radius 1 is 1.15 bits per heavy atom. The summed E-state index contributed by atoms with van der Waals surface area (Å²) < 4.78 is 0. The molecule has 0 aliphatic carbocycles. The van der Waals surface area contributed by atoms with Crippen LogP contribution in [0.3, 0.4) is 0 Å². The van der Waals surface area contributed by atoms with Gasteiger partial charge in [0.15, 0.2) is 5.78 Å². The number of rotatable bonds is 4. The summed E-state index contributed by atoms with van der Waals surface area (Å²) in [6.07, 6.45) is 3.61. The molecule has 1 aliphatic rings. The highest BCUT2D eigenvalue weighted by Crippen LogP contribution is 2.23. The monoisotopic (exact) mass is 273 g/mol. The van der Waals surface area contributed by atoms with Crippen molar-refractivity contribution in [3.8, 4) is 0 Å². The minimum Gasteiger partial charge on any atom is -0.298 e. The average Bonchev–Trinajstić information content (AvgIpc) is 2.41. The molecule has 20 heavy (non-hydrogen) atoms. The first-order valence-corrected chi connectivity index (χ1v) is 7.75. The first-order chi connectivity index (χ1) is 9.45. The van der Waals surface area contributed by atoms with Crippen molar-refractivity contribution in [1.82, 2.24) is 4.90 Å². The van der Waals surface area contributed by atoms with Gasteiger partial charge in [0.1, 0.15) is 0 Å². The van der Waals surface area contributed by atoms with Crippen LogP contribution in [-0.4, -0.2) is 30.3 Å². The lowest BCUT2D eigenvalue weighted by Crippen LogP contribution is -2.40. The summed E-state index contributed by atoms with van der Waals surface area (Å²) in [6.45, 7) is 8.80. The third-order valence-corrected chi connectivity index (χ3v) is 4.28. The van der Waals surface area contributed by atoms with E-state index in [2.05, 4.69) is 35.2 Å². The number of carbonyl (C=O) groups is 1. The Hall–Kier alpha value is -1.15. The molecule has 0 aromatic heterocycles. The van der Waals surface area contributed by atoms with Crippen LogP contribution in [0.1, 0.15) is 39.2 Å². The Morgan fingerprint density at radius 2 is 1.75 bits per heavy atom. The molecular weight excluding hydrogens is 246 g/mol. The van der Waals surface area contributed by atoms with E-state index in [0.717, 1.165) is 19.0 Å². The molecule has 0 unspecified atom stereocenters. The minimum absolute atomic E-state index is 0.207. The van der Waals surface area contributed by atoms with E-state index in [4.69, 9.17) is 0 Å². The number of hydrogen-bond acceptors (Lipinski definition) is 2. The summed E-state index contributed by atoms with van der Waals surface area (Å²) in [4.78, 5) is 14.4. The van der Waals surface area contributed by atoms with Gasteiger partial charge < -0.3 is 0 Å². The van der Waals surface area contributed by atoms with Crippen molar-refractivity contribution >= 4 is 5.78 Å². The largest absolute Gasteiger partial charge is 0.298 e. The van der Waals surface area contributed by atoms with Crippen molar-refractivity contribution in [2.45, 2.75) is 40.0 Å². The number of hydrogen-bond donors (Lipinski definition) is 0. The fourth-order valence-electron chi connectivity index (χ4n) is 2.74. The van der Waals surface area contributed by atoms with Crippen LogP contribution in [0.25, 0.3) is 0 Å². The van der Waals surface area contributed by atoms with Crippen LogP contribution in [0.2, 0.25) is 0 Å². The van der Waals surface area contributed by atoms with Gasteiger partial charge in [-0.05, 0) is 43.8 Å². The lowest BCUT2D eigenvalue weighted by Gasteiger charge is -2.33. The molecule has 2 heteroatoms. The van der Waals surface area contributed by atoms with Gasteiger partial charge in [0.25, 0.3) is 0 Å². The summed E-state index contributed by atoms with van der Waals surface area (Å²) in [5, 5.41) is 0. The third kappa shape index (κ3) is 4.45. The maximum absolute atomic E-state index is 12.1.